The Hall–Kier alpha value is -1.62. The van der Waals surface area contributed by atoms with Gasteiger partial charge >= 0.3 is 6.03 Å². The first-order valence-electron chi connectivity index (χ1n) is 7.48. The molecule has 1 aliphatic heterocycles. The summed E-state index contributed by atoms with van der Waals surface area (Å²) >= 11 is 0. The number of carbonyl (C=O) groups excluding carboxylic acids is 1. The highest BCUT2D eigenvalue weighted by molar-refractivity contribution is 5.74. The summed E-state index contributed by atoms with van der Waals surface area (Å²) in [4.78, 5) is 18.4. The van der Waals surface area contributed by atoms with Crippen LogP contribution in [0.3, 0.4) is 0 Å². The maximum Gasteiger partial charge on any atom is 0.315 e. The summed E-state index contributed by atoms with van der Waals surface area (Å²) in [6.07, 6.45) is 8.37. The van der Waals surface area contributed by atoms with Crippen LogP contribution in [0.1, 0.15) is 31.2 Å². The monoisotopic (exact) mass is 274 g/mol. The van der Waals surface area contributed by atoms with E-state index in [2.05, 4.69) is 20.5 Å². The van der Waals surface area contributed by atoms with Gasteiger partial charge in [0.1, 0.15) is 0 Å². The van der Waals surface area contributed by atoms with Crippen LogP contribution in [0.15, 0.2) is 24.5 Å². The van der Waals surface area contributed by atoms with Gasteiger partial charge in [-0.1, -0.05) is 6.07 Å². The van der Waals surface area contributed by atoms with Crippen molar-refractivity contribution < 1.29 is 4.79 Å². The Morgan fingerprint density at radius 2 is 2.10 bits per heavy atom. The van der Waals surface area contributed by atoms with E-state index >= 15 is 0 Å². The van der Waals surface area contributed by atoms with Gasteiger partial charge in [-0.25, -0.2) is 4.79 Å². The molecule has 0 aromatic carbocycles. The first-order valence-corrected chi connectivity index (χ1v) is 7.48. The van der Waals surface area contributed by atoms with Crippen molar-refractivity contribution in [1.29, 1.82) is 0 Å². The minimum absolute atomic E-state index is 0.0706. The molecule has 2 amide bonds. The van der Waals surface area contributed by atoms with Crippen molar-refractivity contribution in [3.05, 3.63) is 30.1 Å². The predicted octanol–water partition coefficient (Wildman–Crippen LogP) is 1.51. The Morgan fingerprint density at radius 3 is 2.75 bits per heavy atom. The van der Waals surface area contributed by atoms with Gasteiger partial charge in [-0.2, -0.15) is 0 Å². The third-order valence-electron chi connectivity index (χ3n) is 4.10. The van der Waals surface area contributed by atoms with Gasteiger partial charge in [-0.15, -0.1) is 0 Å². The first kappa shape index (κ1) is 13.4. The Labute approximate surface area is 119 Å². The lowest BCUT2D eigenvalue weighted by Crippen LogP contribution is -2.48. The molecule has 2 aliphatic rings. The molecule has 2 N–H and O–H groups in total. The van der Waals surface area contributed by atoms with E-state index in [0.29, 0.717) is 12.6 Å². The average molecular weight is 274 g/mol. The number of aromatic nitrogens is 1. The van der Waals surface area contributed by atoms with Crippen LogP contribution in [0.2, 0.25) is 0 Å². The molecule has 3 rings (SSSR count). The fraction of sp³-hybridized carbons (Fsp3) is 0.600. The molecule has 5 heteroatoms. The number of hydrogen-bond acceptors (Lipinski definition) is 3. The van der Waals surface area contributed by atoms with Gasteiger partial charge in [0, 0.05) is 44.1 Å². The van der Waals surface area contributed by atoms with Crippen molar-refractivity contribution in [3.8, 4) is 0 Å². The second-order valence-corrected chi connectivity index (χ2v) is 5.73. The normalized spacial score (nSPS) is 20.6. The fourth-order valence-corrected chi connectivity index (χ4v) is 2.77. The van der Waals surface area contributed by atoms with E-state index in [4.69, 9.17) is 0 Å². The summed E-state index contributed by atoms with van der Waals surface area (Å²) in [5, 5.41) is 5.96. The molecule has 1 saturated heterocycles. The van der Waals surface area contributed by atoms with E-state index in [9.17, 15) is 4.79 Å². The molecule has 1 saturated carbocycles. The molecule has 20 heavy (non-hydrogen) atoms. The maximum absolute atomic E-state index is 11.9. The third-order valence-corrected chi connectivity index (χ3v) is 4.10. The van der Waals surface area contributed by atoms with E-state index in [0.717, 1.165) is 37.5 Å². The molecule has 0 radical (unpaired) electrons. The number of urea groups is 1. The average Bonchev–Trinajstić information content (AvgIpc) is 3.32. The maximum atomic E-state index is 11.9. The second-order valence-electron chi connectivity index (χ2n) is 5.73. The zero-order valence-electron chi connectivity index (χ0n) is 11.7. The molecule has 0 spiro atoms. The van der Waals surface area contributed by atoms with Crippen LogP contribution in [0.25, 0.3) is 0 Å². The smallest absolute Gasteiger partial charge is 0.315 e. The van der Waals surface area contributed by atoms with E-state index in [-0.39, 0.29) is 6.03 Å². The van der Waals surface area contributed by atoms with Gasteiger partial charge < -0.3 is 15.5 Å². The zero-order valence-corrected chi connectivity index (χ0v) is 11.7. The van der Waals surface area contributed by atoms with E-state index in [1.165, 1.54) is 12.8 Å². The molecular formula is C15H22N4O. The van der Waals surface area contributed by atoms with Crippen LogP contribution in [0, 0.1) is 0 Å². The Balaban J connectivity index is 1.36. The zero-order chi connectivity index (χ0) is 13.8. The van der Waals surface area contributed by atoms with Crippen LogP contribution >= 0.6 is 0 Å². The number of likely N-dealkylation sites (tertiary alicyclic amines) is 1. The van der Waals surface area contributed by atoms with E-state index in [1.54, 1.807) is 12.4 Å². The summed E-state index contributed by atoms with van der Waals surface area (Å²) in [6, 6.07) is 4.93. The molecule has 5 nitrogen and oxygen atoms in total. The molecule has 1 aromatic heterocycles. The minimum atomic E-state index is -0.0706. The summed E-state index contributed by atoms with van der Waals surface area (Å²) in [5.74, 6) is 0. The summed E-state index contributed by atoms with van der Waals surface area (Å²) < 4.78 is 0. The number of piperidine rings is 1. The number of nitrogens with one attached hydrogen (secondary N) is 2. The lowest BCUT2D eigenvalue weighted by molar-refractivity contribution is 0.186. The fourth-order valence-electron chi connectivity index (χ4n) is 2.77. The minimum Gasteiger partial charge on any atom is -0.335 e. The molecule has 2 heterocycles. The highest BCUT2D eigenvalue weighted by Crippen LogP contribution is 2.29. The quantitative estimate of drug-likeness (QED) is 0.875. The van der Waals surface area contributed by atoms with Crippen molar-refractivity contribution >= 4 is 6.03 Å². The van der Waals surface area contributed by atoms with Gasteiger partial charge in [-0.05, 0) is 37.3 Å². The Bertz CT molecular complexity index is 438. The molecule has 0 unspecified atom stereocenters. The topological polar surface area (TPSA) is 57.3 Å². The molecule has 1 aromatic rings. The van der Waals surface area contributed by atoms with Crippen molar-refractivity contribution in [1.82, 2.24) is 20.5 Å². The number of amides is 2. The molecule has 0 bridgehead atoms. The van der Waals surface area contributed by atoms with Crippen LogP contribution in [0.5, 0.6) is 0 Å². The van der Waals surface area contributed by atoms with Crippen molar-refractivity contribution in [2.75, 3.05) is 13.1 Å². The molecule has 2 fully saturated rings. The number of pyridine rings is 1. The number of rotatable bonds is 4. The van der Waals surface area contributed by atoms with Gasteiger partial charge in [0.25, 0.3) is 0 Å². The van der Waals surface area contributed by atoms with Gasteiger partial charge in [0.2, 0.25) is 0 Å². The van der Waals surface area contributed by atoms with Crippen LogP contribution in [0.4, 0.5) is 4.79 Å². The van der Waals surface area contributed by atoms with Crippen molar-refractivity contribution in [2.45, 2.75) is 44.3 Å². The molecular weight excluding hydrogens is 252 g/mol. The van der Waals surface area contributed by atoms with E-state index in [1.807, 2.05) is 12.1 Å². The van der Waals surface area contributed by atoms with Gasteiger partial charge in [-0.3, -0.25) is 4.98 Å². The standard InChI is InChI=1S/C15H22N4O/c20-15(17-11-12-2-1-7-16-10-12)18-13-5-8-19(9-6-13)14-3-4-14/h1-2,7,10,13-14H,3-6,8-9,11H2,(H2,17,18,20). The van der Waals surface area contributed by atoms with Gasteiger partial charge in [0.05, 0.1) is 0 Å². The van der Waals surface area contributed by atoms with Crippen molar-refractivity contribution in [2.24, 2.45) is 0 Å². The molecule has 0 atom stereocenters. The number of carbonyl (C=O) groups is 1. The summed E-state index contributed by atoms with van der Waals surface area (Å²) in [6.45, 7) is 2.77. The van der Waals surface area contributed by atoms with Crippen molar-refractivity contribution in [3.63, 3.8) is 0 Å². The SMILES string of the molecule is O=C(NCc1cccnc1)NC1CCN(C2CC2)CC1. The number of nitrogens with zero attached hydrogens (tertiary/aromatic N) is 2. The van der Waals surface area contributed by atoms with E-state index < -0.39 is 0 Å². The Kier molecular flexibility index (Phi) is 4.16. The highest BCUT2D eigenvalue weighted by atomic mass is 16.2. The summed E-state index contributed by atoms with van der Waals surface area (Å²) in [5.41, 5.74) is 1.02. The first-order chi connectivity index (χ1) is 9.81. The van der Waals surface area contributed by atoms with Crippen LogP contribution < -0.4 is 10.6 Å². The lowest BCUT2D eigenvalue weighted by atomic mass is 10.1. The summed E-state index contributed by atoms with van der Waals surface area (Å²) in [7, 11) is 0. The highest BCUT2D eigenvalue weighted by Gasteiger charge is 2.31. The largest absolute Gasteiger partial charge is 0.335 e. The third kappa shape index (κ3) is 3.70. The lowest BCUT2D eigenvalue weighted by Gasteiger charge is -2.32. The predicted molar refractivity (Wildman–Crippen MR) is 77.2 cm³/mol. The van der Waals surface area contributed by atoms with Gasteiger partial charge in [0.15, 0.2) is 0 Å². The Morgan fingerprint density at radius 1 is 1.30 bits per heavy atom. The molecule has 1 aliphatic carbocycles. The number of hydrogen-bond donors (Lipinski definition) is 2. The molecule has 108 valence electrons. The second kappa shape index (κ2) is 6.22. The van der Waals surface area contributed by atoms with Crippen LogP contribution in [-0.2, 0) is 6.54 Å². The van der Waals surface area contributed by atoms with Crippen LogP contribution in [-0.4, -0.2) is 41.1 Å².